The number of hydrogen-bond acceptors (Lipinski definition) is 5. The van der Waals surface area contributed by atoms with Crippen molar-refractivity contribution < 1.29 is 37.1 Å². The molecule has 0 fully saturated rings. The molecule has 0 saturated carbocycles. The Morgan fingerprint density at radius 1 is 1.17 bits per heavy atom. The van der Waals surface area contributed by atoms with Gasteiger partial charge < -0.3 is 19.5 Å². The molecule has 5 nitrogen and oxygen atoms in total. The van der Waals surface area contributed by atoms with Gasteiger partial charge in [0.15, 0.2) is 11.5 Å². The van der Waals surface area contributed by atoms with Crippen LogP contribution in [0.3, 0.4) is 0 Å². The summed E-state index contributed by atoms with van der Waals surface area (Å²) in [5.41, 5.74) is -2.11. The van der Waals surface area contributed by atoms with E-state index in [4.69, 9.17) is 9.47 Å². The highest BCUT2D eigenvalue weighted by atomic mass is 19.4. The normalized spacial score (nSPS) is 11.3. The minimum atomic E-state index is -4.72. The van der Waals surface area contributed by atoms with E-state index < -0.39 is 41.6 Å². The molecule has 10 heteroatoms. The third kappa shape index (κ3) is 3.60. The Labute approximate surface area is 134 Å². The Bertz CT molecular complexity index is 752. The molecule has 0 aliphatic heterocycles. The number of ether oxygens (including phenoxy) is 2. The van der Waals surface area contributed by atoms with E-state index in [2.05, 4.69) is 4.98 Å². The minimum Gasteiger partial charge on any atom is -0.493 e. The highest BCUT2D eigenvalue weighted by Gasteiger charge is 2.36. The number of methoxy groups -OCH3 is 1. The maximum absolute atomic E-state index is 13.2. The predicted molar refractivity (Wildman–Crippen MR) is 76.8 cm³/mol. The van der Waals surface area contributed by atoms with Crippen LogP contribution in [0.4, 0.5) is 17.6 Å². The summed E-state index contributed by atoms with van der Waals surface area (Å²) in [5.74, 6) is -1.15. The molecule has 24 heavy (non-hydrogen) atoms. The summed E-state index contributed by atoms with van der Waals surface area (Å²) in [7, 11) is -1.00. The minimum absolute atomic E-state index is 0.0345. The van der Waals surface area contributed by atoms with Crippen LogP contribution in [0.5, 0.6) is 17.4 Å². The number of alkyl halides is 3. The van der Waals surface area contributed by atoms with Crippen molar-refractivity contribution in [2.75, 3.05) is 7.11 Å². The molecular formula is C14H12BF4NO4. The van der Waals surface area contributed by atoms with Gasteiger partial charge in [0.25, 0.3) is 0 Å². The molecule has 2 rings (SSSR count). The van der Waals surface area contributed by atoms with Gasteiger partial charge in [-0.25, -0.2) is 9.37 Å². The number of aromatic nitrogens is 1. The fourth-order valence-electron chi connectivity index (χ4n) is 2.10. The molecule has 128 valence electrons. The molecule has 1 aromatic carbocycles. The van der Waals surface area contributed by atoms with Crippen LogP contribution in [0.2, 0.25) is 0 Å². The molecule has 0 atom stereocenters. The van der Waals surface area contributed by atoms with Crippen molar-refractivity contribution in [1.29, 1.82) is 0 Å². The molecule has 0 spiro atoms. The van der Waals surface area contributed by atoms with Gasteiger partial charge in [-0.05, 0) is 24.6 Å². The fraction of sp³-hybridized carbons (Fsp3) is 0.214. The van der Waals surface area contributed by atoms with Crippen LogP contribution >= 0.6 is 0 Å². The third-order valence-corrected chi connectivity index (χ3v) is 3.25. The fourth-order valence-corrected chi connectivity index (χ4v) is 2.10. The predicted octanol–water partition coefficient (Wildman–Crippen LogP) is 2.03. The van der Waals surface area contributed by atoms with Crippen LogP contribution in [-0.4, -0.2) is 29.3 Å². The molecule has 1 aromatic heterocycles. The Kier molecular flexibility index (Phi) is 5.00. The largest absolute Gasteiger partial charge is 0.494 e. The molecule has 0 aliphatic rings. The monoisotopic (exact) mass is 345 g/mol. The lowest BCUT2D eigenvalue weighted by atomic mass is 9.76. The summed E-state index contributed by atoms with van der Waals surface area (Å²) < 4.78 is 62.1. The lowest BCUT2D eigenvalue weighted by molar-refractivity contribution is -0.138. The first-order valence-electron chi connectivity index (χ1n) is 6.59. The molecule has 0 amide bonds. The van der Waals surface area contributed by atoms with Crippen molar-refractivity contribution in [3.8, 4) is 17.4 Å². The highest BCUT2D eigenvalue weighted by molar-refractivity contribution is 6.60. The van der Waals surface area contributed by atoms with Gasteiger partial charge in [0, 0.05) is 17.7 Å². The van der Waals surface area contributed by atoms with Crippen molar-refractivity contribution in [3.05, 3.63) is 41.3 Å². The van der Waals surface area contributed by atoms with E-state index in [-0.39, 0.29) is 11.5 Å². The van der Waals surface area contributed by atoms with Crippen molar-refractivity contribution in [3.63, 3.8) is 0 Å². The van der Waals surface area contributed by atoms with Crippen molar-refractivity contribution >= 4 is 12.6 Å². The zero-order valence-corrected chi connectivity index (χ0v) is 12.6. The summed E-state index contributed by atoms with van der Waals surface area (Å²) in [4.78, 5) is 3.51. The zero-order chi connectivity index (χ0) is 18.1. The van der Waals surface area contributed by atoms with E-state index in [1.54, 1.807) is 0 Å². The first-order chi connectivity index (χ1) is 11.1. The zero-order valence-electron chi connectivity index (χ0n) is 12.6. The van der Waals surface area contributed by atoms with E-state index in [0.29, 0.717) is 6.20 Å². The average Bonchev–Trinajstić information content (AvgIpc) is 2.47. The van der Waals surface area contributed by atoms with Crippen molar-refractivity contribution in [2.45, 2.75) is 13.1 Å². The molecule has 2 aromatic rings. The lowest BCUT2D eigenvalue weighted by Gasteiger charge is -2.17. The molecular weight excluding hydrogens is 333 g/mol. The van der Waals surface area contributed by atoms with Crippen molar-refractivity contribution in [2.24, 2.45) is 0 Å². The van der Waals surface area contributed by atoms with Gasteiger partial charge in [0.05, 0.1) is 12.7 Å². The van der Waals surface area contributed by atoms with E-state index in [0.717, 1.165) is 19.1 Å². The maximum Gasteiger partial charge on any atom is 0.494 e. The summed E-state index contributed by atoms with van der Waals surface area (Å²) in [5, 5.41) is 18.8. The van der Waals surface area contributed by atoms with E-state index >= 15 is 0 Å². The second kappa shape index (κ2) is 6.66. The average molecular weight is 345 g/mol. The number of nitrogens with zero attached hydrogens (tertiary/aromatic N) is 1. The van der Waals surface area contributed by atoms with Gasteiger partial charge in [0.2, 0.25) is 5.88 Å². The molecule has 2 N–H and O–H groups in total. The van der Waals surface area contributed by atoms with Gasteiger partial charge in [-0.15, -0.1) is 0 Å². The Balaban J connectivity index is 2.54. The van der Waals surface area contributed by atoms with Crippen LogP contribution in [0.15, 0.2) is 24.4 Å². The number of hydrogen-bond donors (Lipinski definition) is 2. The van der Waals surface area contributed by atoms with Crippen LogP contribution in [0.1, 0.15) is 11.1 Å². The molecule has 0 unspecified atom stereocenters. The second-order valence-electron chi connectivity index (χ2n) is 4.78. The number of benzene rings is 1. The van der Waals surface area contributed by atoms with Crippen LogP contribution in [0, 0.1) is 12.7 Å². The number of pyridine rings is 1. The van der Waals surface area contributed by atoms with Gasteiger partial charge in [0.1, 0.15) is 5.82 Å². The van der Waals surface area contributed by atoms with Crippen LogP contribution in [0.25, 0.3) is 0 Å². The second-order valence-corrected chi connectivity index (χ2v) is 4.78. The Morgan fingerprint density at radius 3 is 2.38 bits per heavy atom. The quantitative estimate of drug-likeness (QED) is 0.656. The van der Waals surface area contributed by atoms with E-state index in [9.17, 15) is 27.6 Å². The number of halogens is 4. The molecule has 1 heterocycles. The van der Waals surface area contributed by atoms with Crippen molar-refractivity contribution in [1.82, 2.24) is 4.98 Å². The van der Waals surface area contributed by atoms with Gasteiger partial charge >= 0.3 is 13.3 Å². The first-order valence-corrected chi connectivity index (χ1v) is 6.59. The molecule has 0 aliphatic carbocycles. The Hall–Kier alpha value is -2.33. The Morgan fingerprint density at radius 2 is 1.83 bits per heavy atom. The topological polar surface area (TPSA) is 71.8 Å². The van der Waals surface area contributed by atoms with Gasteiger partial charge in [-0.2, -0.15) is 13.2 Å². The smallest absolute Gasteiger partial charge is 0.493 e. The standard InChI is InChI=1S/C14H12BF4NO4/c1-7-9(14(17,18)19)6-20-13(12(7)15(21)22)24-10-4-3-8(16)5-11(10)23-2/h3-6,21-22H,1-2H3. The third-order valence-electron chi connectivity index (χ3n) is 3.25. The summed E-state index contributed by atoms with van der Waals surface area (Å²) in [6.45, 7) is 1.06. The van der Waals surface area contributed by atoms with Crippen LogP contribution < -0.4 is 14.9 Å². The van der Waals surface area contributed by atoms with Gasteiger partial charge in [-0.3, -0.25) is 0 Å². The van der Waals surface area contributed by atoms with E-state index in [1.807, 2.05) is 0 Å². The number of rotatable bonds is 4. The van der Waals surface area contributed by atoms with E-state index in [1.165, 1.54) is 13.2 Å². The lowest BCUT2D eigenvalue weighted by Crippen LogP contribution is -2.35. The van der Waals surface area contributed by atoms with Gasteiger partial charge in [-0.1, -0.05) is 0 Å². The summed E-state index contributed by atoms with van der Waals surface area (Å²) in [6, 6.07) is 3.22. The summed E-state index contributed by atoms with van der Waals surface area (Å²) in [6.07, 6.45) is -4.20. The SMILES string of the molecule is COc1cc(F)ccc1Oc1ncc(C(F)(F)F)c(C)c1B(O)O. The van der Waals surface area contributed by atoms with Crippen LogP contribution in [-0.2, 0) is 6.18 Å². The summed E-state index contributed by atoms with van der Waals surface area (Å²) >= 11 is 0. The molecule has 0 radical (unpaired) electrons. The molecule has 0 saturated heterocycles. The first kappa shape index (κ1) is 18.0. The maximum atomic E-state index is 13.2. The highest BCUT2D eigenvalue weighted by Crippen LogP contribution is 2.34. The molecule has 0 bridgehead atoms.